The van der Waals surface area contributed by atoms with Crippen LogP contribution in [0.5, 0.6) is 0 Å². The molecule has 1 aromatic rings. The molecule has 4 rings (SSSR count). The summed E-state index contributed by atoms with van der Waals surface area (Å²) in [6.07, 6.45) is 5.30. The SMILES string of the molecule is O=C(C1C2CCCC21)N1CCC/C(=N/O)c2ccccc21. The second kappa shape index (κ2) is 4.86. The number of carbonyl (C=O) groups excluding carboxylic acids is 1. The molecule has 110 valence electrons. The monoisotopic (exact) mass is 284 g/mol. The molecule has 2 unspecified atom stereocenters. The number of rotatable bonds is 1. The first-order valence-electron chi connectivity index (χ1n) is 7.93. The Bertz CT molecular complexity index is 601. The Morgan fingerprint density at radius 3 is 2.71 bits per heavy atom. The molecule has 4 nitrogen and oxygen atoms in total. The third kappa shape index (κ3) is 1.96. The molecule has 0 radical (unpaired) electrons. The van der Waals surface area contributed by atoms with Crippen molar-refractivity contribution >= 4 is 17.3 Å². The van der Waals surface area contributed by atoms with Crippen molar-refractivity contribution < 1.29 is 10.0 Å². The van der Waals surface area contributed by atoms with E-state index < -0.39 is 0 Å². The lowest BCUT2D eigenvalue weighted by molar-refractivity contribution is -0.120. The molecule has 2 fully saturated rings. The van der Waals surface area contributed by atoms with Crippen molar-refractivity contribution in [2.24, 2.45) is 22.9 Å². The van der Waals surface area contributed by atoms with Crippen LogP contribution in [-0.2, 0) is 4.79 Å². The number of carbonyl (C=O) groups is 1. The molecule has 21 heavy (non-hydrogen) atoms. The van der Waals surface area contributed by atoms with Crippen LogP contribution in [0.15, 0.2) is 29.4 Å². The smallest absolute Gasteiger partial charge is 0.230 e. The van der Waals surface area contributed by atoms with Gasteiger partial charge in [-0.25, -0.2) is 0 Å². The van der Waals surface area contributed by atoms with E-state index in [0.717, 1.165) is 30.6 Å². The number of oxime groups is 1. The lowest BCUT2D eigenvalue weighted by Crippen LogP contribution is -2.34. The zero-order valence-electron chi connectivity index (χ0n) is 12.0. The highest BCUT2D eigenvalue weighted by atomic mass is 16.4. The largest absolute Gasteiger partial charge is 0.411 e. The average molecular weight is 284 g/mol. The number of anilines is 1. The van der Waals surface area contributed by atoms with Crippen LogP contribution in [0, 0.1) is 17.8 Å². The minimum atomic E-state index is 0.249. The van der Waals surface area contributed by atoms with E-state index in [1.165, 1.54) is 19.3 Å². The molecule has 0 aromatic heterocycles. The molecule has 0 saturated heterocycles. The number of amides is 1. The van der Waals surface area contributed by atoms with Crippen molar-refractivity contribution in [3.05, 3.63) is 29.8 Å². The molecule has 0 bridgehead atoms. The maximum atomic E-state index is 12.9. The van der Waals surface area contributed by atoms with Crippen molar-refractivity contribution in [3.8, 4) is 0 Å². The second-order valence-corrected chi connectivity index (χ2v) is 6.44. The summed E-state index contributed by atoms with van der Waals surface area (Å²) in [5.74, 6) is 1.81. The summed E-state index contributed by atoms with van der Waals surface area (Å²) in [6, 6.07) is 7.81. The molecular weight excluding hydrogens is 264 g/mol. The van der Waals surface area contributed by atoms with Crippen molar-refractivity contribution in [2.45, 2.75) is 32.1 Å². The van der Waals surface area contributed by atoms with Crippen molar-refractivity contribution in [1.82, 2.24) is 0 Å². The summed E-state index contributed by atoms with van der Waals surface area (Å²) in [7, 11) is 0. The highest BCUT2D eigenvalue weighted by molar-refractivity contribution is 6.09. The summed E-state index contributed by atoms with van der Waals surface area (Å²) in [6.45, 7) is 0.727. The quantitative estimate of drug-likeness (QED) is 0.636. The molecule has 3 aliphatic rings. The zero-order valence-corrected chi connectivity index (χ0v) is 12.0. The van der Waals surface area contributed by atoms with Crippen LogP contribution in [0.25, 0.3) is 0 Å². The third-order valence-corrected chi connectivity index (χ3v) is 5.38. The summed E-state index contributed by atoms with van der Waals surface area (Å²) in [5.41, 5.74) is 2.51. The van der Waals surface area contributed by atoms with Gasteiger partial charge in [0.15, 0.2) is 0 Å². The van der Waals surface area contributed by atoms with E-state index >= 15 is 0 Å². The van der Waals surface area contributed by atoms with Gasteiger partial charge in [0.2, 0.25) is 5.91 Å². The van der Waals surface area contributed by atoms with E-state index in [1.54, 1.807) is 0 Å². The summed E-state index contributed by atoms with van der Waals surface area (Å²) < 4.78 is 0. The molecule has 1 amide bonds. The number of para-hydroxylation sites is 1. The maximum Gasteiger partial charge on any atom is 0.230 e. The lowest BCUT2D eigenvalue weighted by atomic mass is 10.1. The van der Waals surface area contributed by atoms with Crippen molar-refractivity contribution in [1.29, 1.82) is 0 Å². The van der Waals surface area contributed by atoms with Gasteiger partial charge in [0, 0.05) is 18.0 Å². The van der Waals surface area contributed by atoms with Gasteiger partial charge in [0.1, 0.15) is 0 Å². The molecule has 1 heterocycles. The first kappa shape index (κ1) is 12.9. The van der Waals surface area contributed by atoms with Gasteiger partial charge in [-0.05, 0) is 43.6 Å². The molecular formula is C17H20N2O2. The van der Waals surface area contributed by atoms with E-state index in [2.05, 4.69) is 5.16 Å². The lowest BCUT2D eigenvalue weighted by Gasteiger charge is -2.23. The van der Waals surface area contributed by atoms with E-state index in [9.17, 15) is 10.0 Å². The van der Waals surface area contributed by atoms with E-state index in [4.69, 9.17) is 0 Å². The Morgan fingerprint density at radius 1 is 1.19 bits per heavy atom. The van der Waals surface area contributed by atoms with Gasteiger partial charge in [-0.15, -0.1) is 0 Å². The van der Waals surface area contributed by atoms with Crippen LogP contribution in [0.3, 0.4) is 0 Å². The fourth-order valence-electron chi connectivity index (χ4n) is 4.31. The first-order chi connectivity index (χ1) is 10.3. The van der Waals surface area contributed by atoms with Gasteiger partial charge in [-0.3, -0.25) is 4.79 Å². The Morgan fingerprint density at radius 2 is 1.95 bits per heavy atom. The van der Waals surface area contributed by atoms with Crippen LogP contribution in [0.2, 0.25) is 0 Å². The minimum absolute atomic E-state index is 0.249. The number of benzene rings is 1. The second-order valence-electron chi connectivity index (χ2n) is 6.44. The summed E-state index contributed by atoms with van der Waals surface area (Å²) in [4.78, 5) is 14.8. The molecule has 2 saturated carbocycles. The average Bonchev–Trinajstić information content (AvgIpc) is 3.08. The molecule has 2 aliphatic carbocycles. The van der Waals surface area contributed by atoms with E-state index in [0.29, 0.717) is 17.5 Å². The maximum absolute atomic E-state index is 12.9. The standard InChI is InChI=1S/C17H20N2O2/c20-17(16-11-6-3-7-12(11)16)19-10-4-8-14(18-21)13-5-1-2-9-15(13)19/h1-2,5,9,11-12,16,21H,3-4,6-8,10H2/b18-14-. The molecule has 2 atom stereocenters. The number of nitrogens with zero attached hydrogens (tertiary/aromatic N) is 2. The van der Waals surface area contributed by atoms with Crippen LogP contribution >= 0.6 is 0 Å². The Labute approximate surface area is 124 Å². The van der Waals surface area contributed by atoms with Gasteiger partial charge >= 0.3 is 0 Å². The molecule has 4 heteroatoms. The van der Waals surface area contributed by atoms with Gasteiger partial charge < -0.3 is 10.1 Å². The van der Waals surface area contributed by atoms with Gasteiger partial charge in [-0.1, -0.05) is 29.8 Å². The normalized spacial score (nSPS) is 32.5. The van der Waals surface area contributed by atoms with Gasteiger partial charge in [-0.2, -0.15) is 0 Å². The first-order valence-corrected chi connectivity index (χ1v) is 7.93. The molecule has 1 aromatic carbocycles. The zero-order chi connectivity index (χ0) is 14.4. The van der Waals surface area contributed by atoms with E-state index in [1.807, 2.05) is 29.2 Å². The molecule has 1 N–H and O–H groups in total. The third-order valence-electron chi connectivity index (χ3n) is 5.38. The highest BCUT2D eigenvalue weighted by Gasteiger charge is 2.57. The highest BCUT2D eigenvalue weighted by Crippen LogP contribution is 2.58. The van der Waals surface area contributed by atoms with Crippen molar-refractivity contribution in [3.63, 3.8) is 0 Å². The van der Waals surface area contributed by atoms with E-state index in [-0.39, 0.29) is 11.8 Å². The predicted molar refractivity (Wildman–Crippen MR) is 80.7 cm³/mol. The van der Waals surface area contributed by atoms with Crippen LogP contribution in [0.4, 0.5) is 5.69 Å². The topological polar surface area (TPSA) is 52.9 Å². The molecule has 0 spiro atoms. The number of hydrogen-bond acceptors (Lipinski definition) is 3. The number of hydrogen-bond donors (Lipinski definition) is 1. The fraction of sp³-hybridized carbons (Fsp3) is 0.529. The minimum Gasteiger partial charge on any atom is -0.411 e. The van der Waals surface area contributed by atoms with Gasteiger partial charge in [0.25, 0.3) is 0 Å². The fourth-order valence-corrected chi connectivity index (χ4v) is 4.31. The van der Waals surface area contributed by atoms with Crippen LogP contribution < -0.4 is 4.90 Å². The molecule has 1 aliphatic heterocycles. The van der Waals surface area contributed by atoms with Crippen molar-refractivity contribution in [2.75, 3.05) is 11.4 Å². The van der Waals surface area contributed by atoms with Crippen LogP contribution in [0.1, 0.15) is 37.7 Å². The Hall–Kier alpha value is -1.84. The van der Waals surface area contributed by atoms with Gasteiger partial charge in [0.05, 0.1) is 11.4 Å². The Kier molecular flexibility index (Phi) is 2.98. The number of fused-ring (bicyclic) bond motifs is 2. The summed E-state index contributed by atoms with van der Waals surface area (Å²) in [5, 5.41) is 12.7. The van der Waals surface area contributed by atoms with Crippen LogP contribution in [-0.4, -0.2) is 23.4 Å². The summed E-state index contributed by atoms with van der Waals surface area (Å²) >= 11 is 0. The predicted octanol–water partition coefficient (Wildman–Crippen LogP) is 3.04. The Balaban J connectivity index is 1.67.